The van der Waals surface area contributed by atoms with Gasteiger partial charge >= 0.3 is 11.9 Å². The van der Waals surface area contributed by atoms with Crippen molar-refractivity contribution in [3.05, 3.63) is 12.2 Å². The van der Waals surface area contributed by atoms with Crippen LogP contribution < -0.4 is 0 Å². The molecule has 59 heavy (non-hydrogen) atoms. The first-order valence-corrected chi connectivity index (χ1v) is 26.7. The van der Waals surface area contributed by atoms with Gasteiger partial charge in [0, 0.05) is 12.8 Å². The van der Waals surface area contributed by atoms with Crippen molar-refractivity contribution in [3.8, 4) is 0 Å². The minimum Gasteiger partial charge on any atom is -0.462 e. The lowest BCUT2D eigenvalue weighted by Gasteiger charge is -2.15. The number of rotatable bonds is 50. The molecule has 0 radical (unpaired) electrons. The van der Waals surface area contributed by atoms with E-state index < -0.39 is 6.10 Å². The molecule has 5 nitrogen and oxygen atoms in total. The maximum Gasteiger partial charge on any atom is 0.306 e. The summed E-state index contributed by atoms with van der Waals surface area (Å²) in [6.45, 7) is 4.10. The molecule has 0 fully saturated rings. The first-order chi connectivity index (χ1) is 29.1. The number of hydrogen-bond donors (Lipinski definition) is 1. The average Bonchev–Trinajstić information content (AvgIpc) is 3.24. The SMILES string of the molecule is CCCCCCCCCC/C=C\CCCCCCCCCCCCCCCCCCCCCCCCCCCCCC(=O)OC(CO)COC(=O)CCCCCCCC. The van der Waals surface area contributed by atoms with Crippen molar-refractivity contribution in [2.45, 2.75) is 309 Å². The normalized spacial score (nSPS) is 12.1. The predicted octanol–water partition coefficient (Wildman–Crippen LogP) is 17.6. The summed E-state index contributed by atoms with van der Waals surface area (Å²) in [7, 11) is 0. The average molecular weight is 833 g/mol. The quantitative estimate of drug-likeness (QED) is 0.0375. The summed E-state index contributed by atoms with van der Waals surface area (Å²) in [6.07, 6.45) is 62.5. The Balaban J connectivity index is 3.28. The largest absolute Gasteiger partial charge is 0.462 e. The highest BCUT2D eigenvalue weighted by atomic mass is 16.6. The van der Waals surface area contributed by atoms with Gasteiger partial charge in [-0.3, -0.25) is 9.59 Å². The molecule has 0 amide bonds. The molecule has 0 aliphatic carbocycles. The number of ether oxygens (including phenoxy) is 2. The third kappa shape index (κ3) is 49.2. The van der Waals surface area contributed by atoms with Gasteiger partial charge in [0.05, 0.1) is 6.61 Å². The monoisotopic (exact) mass is 833 g/mol. The molecule has 0 spiro atoms. The lowest BCUT2D eigenvalue weighted by Crippen LogP contribution is -2.28. The van der Waals surface area contributed by atoms with Crippen molar-refractivity contribution >= 4 is 11.9 Å². The van der Waals surface area contributed by atoms with Gasteiger partial charge < -0.3 is 14.6 Å². The Bertz CT molecular complexity index is 856. The van der Waals surface area contributed by atoms with Crippen LogP contribution in [-0.2, 0) is 19.1 Å². The molecule has 5 heteroatoms. The summed E-state index contributed by atoms with van der Waals surface area (Å²) < 4.78 is 10.6. The van der Waals surface area contributed by atoms with Gasteiger partial charge in [-0.1, -0.05) is 264 Å². The molecule has 0 aliphatic rings. The Kier molecular flexibility index (Phi) is 49.8. The van der Waals surface area contributed by atoms with Crippen LogP contribution >= 0.6 is 0 Å². The van der Waals surface area contributed by atoms with Crippen molar-refractivity contribution < 1.29 is 24.2 Å². The van der Waals surface area contributed by atoms with Crippen molar-refractivity contribution in [3.63, 3.8) is 0 Å². The predicted molar refractivity (Wildman–Crippen MR) is 256 cm³/mol. The van der Waals surface area contributed by atoms with Gasteiger partial charge in [0.1, 0.15) is 6.61 Å². The highest BCUT2D eigenvalue weighted by Gasteiger charge is 2.16. The van der Waals surface area contributed by atoms with Crippen molar-refractivity contribution in [2.75, 3.05) is 13.2 Å². The summed E-state index contributed by atoms with van der Waals surface area (Å²) in [5, 5.41) is 9.52. The lowest BCUT2D eigenvalue weighted by atomic mass is 10.0. The van der Waals surface area contributed by atoms with E-state index in [1.165, 1.54) is 238 Å². The minimum atomic E-state index is -0.761. The van der Waals surface area contributed by atoms with E-state index in [2.05, 4.69) is 26.0 Å². The molecule has 0 aromatic heterocycles. The molecular weight excluding hydrogens is 729 g/mol. The molecule has 1 N–H and O–H groups in total. The molecule has 0 aromatic rings. The number of hydrogen-bond acceptors (Lipinski definition) is 5. The molecule has 0 aliphatic heterocycles. The van der Waals surface area contributed by atoms with E-state index in [9.17, 15) is 14.7 Å². The lowest BCUT2D eigenvalue weighted by molar-refractivity contribution is -0.161. The smallest absolute Gasteiger partial charge is 0.306 e. The minimum absolute atomic E-state index is 0.0597. The summed E-state index contributed by atoms with van der Waals surface area (Å²) in [5.74, 6) is -0.585. The summed E-state index contributed by atoms with van der Waals surface area (Å²) >= 11 is 0. The van der Waals surface area contributed by atoms with Crippen LogP contribution in [0, 0.1) is 0 Å². The number of carbonyl (C=O) groups is 2. The Hall–Kier alpha value is -1.36. The van der Waals surface area contributed by atoms with Crippen LogP contribution in [0.3, 0.4) is 0 Å². The molecule has 1 unspecified atom stereocenters. The third-order valence-electron chi connectivity index (χ3n) is 12.3. The van der Waals surface area contributed by atoms with Crippen LogP contribution in [0.25, 0.3) is 0 Å². The Morgan fingerprint density at radius 1 is 0.373 bits per heavy atom. The van der Waals surface area contributed by atoms with Crippen molar-refractivity contribution in [1.82, 2.24) is 0 Å². The first-order valence-electron chi connectivity index (χ1n) is 26.7. The van der Waals surface area contributed by atoms with Gasteiger partial charge in [0.25, 0.3) is 0 Å². The first kappa shape index (κ1) is 57.6. The van der Waals surface area contributed by atoms with E-state index in [0.717, 1.165) is 38.5 Å². The van der Waals surface area contributed by atoms with Gasteiger partial charge in [0.15, 0.2) is 6.10 Å². The molecule has 0 aromatic carbocycles. The van der Waals surface area contributed by atoms with Crippen LogP contribution in [0.5, 0.6) is 0 Å². The van der Waals surface area contributed by atoms with Gasteiger partial charge in [-0.05, 0) is 38.5 Å². The zero-order valence-electron chi connectivity index (χ0n) is 40.0. The molecule has 0 bridgehead atoms. The third-order valence-corrected chi connectivity index (χ3v) is 12.3. The van der Waals surface area contributed by atoms with E-state index in [1.807, 2.05) is 0 Å². The molecule has 0 saturated carbocycles. The Morgan fingerprint density at radius 3 is 0.915 bits per heavy atom. The fourth-order valence-electron chi connectivity index (χ4n) is 8.26. The van der Waals surface area contributed by atoms with Gasteiger partial charge in [-0.15, -0.1) is 0 Å². The molecule has 0 saturated heterocycles. The van der Waals surface area contributed by atoms with E-state index in [0.29, 0.717) is 12.8 Å². The van der Waals surface area contributed by atoms with Crippen LogP contribution in [0.1, 0.15) is 303 Å². The maximum atomic E-state index is 12.2. The zero-order chi connectivity index (χ0) is 42.8. The second-order valence-electron chi connectivity index (χ2n) is 18.3. The number of unbranched alkanes of at least 4 members (excludes halogenated alkanes) is 40. The van der Waals surface area contributed by atoms with Crippen LogP contribution in [-0.4, -0.2) is 36.4 Å². The van der Waals surface area contributed by atoms with E-state index in [-0.39, 0.29) is 25.2 Å². The fourth-order valence-corrected chi connectivity index (χ4v) is 8.26. The number of allylic oxidation sites excluding steroid dienone is 2. The summed E-state index contributed by atoms with van der Waals surface area (Å²) in [5.41, 5.74) is 0. The highest BCUT2D eigenvalue weighted by molar-refractivity contribution is 5.70. The molecule has 1 atom stereocenters. The van der Waals surface area contributed by atoms with Crippen molar-refractivity contribution in [1.29, 1.82) is 0 Å². The second-order valence-corrected chi connectivity index (χ2v) is 18.3. The molecule has 0 rings (SSSR count). The summed E-state index contributed by atoms with van der Waals surface area (Å²) in [4.78, 5) is 24.1. The maximum absolute atomic E-state index is 12.2. The highest BCUT2D eigenvalue weighted by Crippen LogP contribution is 2.17. The van der Waals surface area contributed by atoms with Crippen molar-refractivity contribution in [2.24, 2.45) is 0 Å². The van der Waals surface area contributed by atoms with Crippen LogP contribution in [0.2, 0.25) is 0 Å². The standard InChI is InChI=1S/C54H104O5/c1-3-5-7-9-11-12-13-14-15-16-17-18-19-20-21-22-23-24-25-26-27-28-29-30-31-32-33-34-35-36-37-38-39-40-41-42-43-45-47-49-54(57)59-52(50-55)51-58-53(56)48-46-44-10-8-6-4-2/h16-17,52,55H,3-15,18-51H2,1-2H3/b17-16-. The van der Waals surface area contributed by atoms with Crippen LogP contribution in [0.4, 0.5) is 0 Å². The van der Waals surface area contributed by atoms with E-state index in [4.69, 9.17) is 9.47 Å². The number of aliphatic hydroxyl groups excluding tert-OH is 1. The second kappa shape index (κ2) is 51.0. The number of aliphatic hydroxyl groups is 1. The number of esters is 2. The van der Waals surface area contributed by atoms with Gasteiger partial charge in [-0.2, -0.15) is 0 Å². The number of carbonyl (C=O) groups excluding carboxylic acids is 2. The Labute approximate surface area is 369 Å². The van der Waals surface area contributed by atoms with Gasteiger partial charge in [0.2, 0.25) is 0 Å². The fraction of sp³-hybridized carbons (Fsp3) is 0.926. The molecule has 0 heterocycles. The topological polar surface area (TPSA) is 72.8 Å². The molecular formula is C54H104O5. The van der Waals surface area contributed by atoms with E-state index in [1.54, 1.807) is 0 Å². The van der Waals surface area contributed by atoms with Gasteiger partial charge in [-0.25, -0.2) is 0 Å². The van der Waals surface area contributed by atoms with E-state index >= 15 is 0 Å². The summed E-state index contributed by atoms with van der Waals surface area (Å²) in [6, 6.07) is 0. The van der Waals surface area contributed by atoms with Crippen LogP contribution in [0.15, 0.2) is 12.2 Å². The zero-order valence-corrected chi connectivity index (χ0v) is 40.0. The Morgan fingerprint density at radius 2 is 0.627 bits per heavy atom. The molecule has 350 valence electrons.